The Morgan fingerprint density at radius 1 is 1.25 bits per heavy atom. The molecule has 8 nitrogen and oxygen atoms in total. The lowest BCUT2D eigenvalue weighted by Crippen LogP contribution is -2.25. The molecule has 0 aromatic carbocycles. The van der Waals surface area contributed by atoms with Crippen LogP contribution in [0.15, 0.2) is 4.47 Å². The highest BCUT2D eigenvalue weighted by Gasteiger charge is 2.29. The van der Waals surface area contributed by atoms with Crippen LogP contribution in [-0.2, 0) is 14.3 Å². The molecule has 0 radical (unpaired) electrons. The van der Waals surface area contributed by atoms with Crippen LogP contribution in [0.5, 0.6) is 0 Å². The highest BCUT2D eigenvalue weighted by molar-refractivity contribution is 9.10. The number of thiophene rings is 1. The van der Waals surface area contributed by atoms with Crippen molar-refractivity contribution in [2.24, 2.45) is 0 Å². The molecular formula is C18H22BrN3O5S. The van der Waals surface area contributed by atoms with Crippen molar-refractivity contribution >= 4 is 50.1 Å². The Hall–Kier alpha value is -2.20. The molecule has 2 heterocycles. The third-order valence-electron chi connectivity index (χ3n) is 4.22. The highest BCUT2D eigenvalue weighted by Crippen LogP contribution is 2.35. The van der Waals surface area contributed by atoms with Gasteiger partial charge in [-0.2, -0.15) is 5.10 Å². The minimum Gasteiger partial charge on any atom is -0.465 e. The molecule has 1 amide bonds. The summed E-state index contributed by atoms with van der Waals surface area (Å²) >= 11 is 4.43. The molecule has 0 fully saturated rings. The fourth-order valence-electron chi connectivity index (χ4n) is 2.69. The average molecular weight is 472 g/mol. The van der Waals surface area contributed by atoms with Crippen LogP contribution in [0.2, 0.25) is 0 Å². The molecule has 2 rings (SSSR count). The highest BCUT2D eigenvalue weighted by atomic mass is 79.9. The zero-order chi connectivity index (χ0) is 21.2. The molecule has 0 saturated heterocycles. The van der Waals surface area contributed by atoms with Gasteiger partial charge in [0.2, 0.25) is 5.91 Å². The minimum absolute atomic E-state index is 0.144. The molecule has 2 aromatic rings. The second kappa shape index (κ2) is 8.87. The van der Waals surface area contributed by atoms with Crippen LogP contribution < -0.4 is 5.32 Å². The Labute approximate surface area is 175 Å². The first-order valence-corrected chi connectivity index (χ1v) is 10.2. The van der Waals surface area contributed by atoms with Crippen molar-refractivity contribution in [2.45, 2.75) is 40.7 Å². The molecule has 0 bridgehead atoms. The number of amides is 1. The summed E-state index contributed by atoms with van der Waals surface area (Å²) in [4.78, 5) is 37.5. The number of carbonyl (C=O) groups excluding carboxylic acids is 3. The summed E-state index contributed by atoms with van der Waals surface area (Å²) in [6, 6.07) is -0.635. The summed E-state index contributed by atoms with van der Waals surface area (Å²) in [5.41, 5.74) is 2.13. The number of halogens is 1. The lowest BCUT2D eigenvalue weighted by molar-refractivity contribution is -0.119. The first-order valence-electron chi connectivity index (χ1n) is 8.54. The van der Waals surface area contributed by atoms with Crippen molar-refractivity contribution in [1.82, 2.24) is 9.78 Å². The second-order valence-corrected chi connectivity index (χ2v) is 7.88. The van der Waals surface area contributed by atoms with E-state index in [2.05, 4.69) is 26.3 Å². The Morgan fingerprint density at radius 2 is 1.89 bits per heavy atom. The molecule has 152 valence electrons. The molecule has 0 aliphatic rings. The van der Waals surface area contributed by atoms with Gasteiger partial charge in [-0.15, -0.1) is 11.3 Å². The van der Waals surface area contributed by atoms with Gasteiger partial charge in [0.15, 0.2) is 0 Å². The number of aromatic nitrogens is 2. The fraction of sp³-hybridized carbons (Fsp3) is 0.444. The molecule has 1 unspecified atom stereocenters. The van der Waals surface area contributed by atoms with Gasteiger partial charge in [0.05, 0.1) is 35.1 Å². The maximum Gasteiger partial charge on any atom is 0.348 e. The molecule has 1 atom stereocenters. The average Bonchev–Trinajstić information content (AvgIpc) is 3.11. The molecule has 1 N–H and O–H groups in total. The molecule has 0 aliphatic heterocycles. The Kier molecular flexibility index (Phi) is 7.00. The first-order chi connectivity index (χ1) is 13.1. The van der Waals surface area contributed by atoms with E-state index in [0.717, 1.165) is 27.2 Å². The lowest BCUT2D eigenvalue weighted by Gasteiger charge is -2.14. The number of ether oxygens (including phenoxy) is 2. The Bertz CT molecular complexity index is 934. The summed E-state index contributed by atoms with van der Waals surface area (Å²) in [5.74, 6) is -1.56. The van der Waals surface area contributed by atoms with Crippen molar-refractivity contribution in [3.05, 3.63) is 31.9 Å². The largest absolute Gasteiger partial charge is 0.465 e. The van der Waals surface area contributed by atoms with E-state index in [1.807, 2.05) is 13.8 Å². The molecule has 2 aromatic heterocycles. The van der Waals surface area contributed by atoms with E-state index in [-0.39, 0.29) is 28.0 Å². The number of esters is 2. The van der Waals surface area contributed by atoms with Crippen LogP contribution >= 0.6 is 27.3 Å². The Morgan fingerprint density at radius 3 is 2.39 bits per heavy atom. The monoisotopic (exact) mass is 471 g/mol. The van der Waals surface area contributed by atoms with Crippen LogP contribution in [0.3, 0.4) is 0 Å². The number of aryl methyl sites for hydroxylation is 1. The lowest BCUT2D eigenvalue weighted by atomic mass is 10.1. The molecule has 10 heteroatoms. The molecule has 0 aliphatic carbocycles. The summed E-state index contributed by atoms with van der Waals surface area (Å²) in [6.07, 6.45) is 0. The van der Waals surface area contributed by atoms with E-state index in [9.17, 15) is 14.4 Å². The van der Waals surface area contributed by atoms with Crippen LogP contribution in [0.4, 0.5) is 5.00 Å². The van der Waals surface area contributed by atoms with Gasteiger partial charge in [-0.25, -0.2) is 9.59 Å². The van der Waals surface area contributed by atoms with Crippen molar-refractivity contribution in [3.63, 3.8) is 0 Å². The van der Waals surface area contributed by atoms with Gasteiger partial charge in [-0.1, -0.05) is 0 Å². The number of carbonyl (C=O) groups is 3. The van der Waals surface area contributed by atoms with Crippen molar-refractivity contribution in [1.29, 1.82) is 0 Å². The standard InChI is InChI=1S/C18H22BrN3O5S/c1-7-27-18(25)14-8(2)12(17(24)26-6)16(28-14)20-15(23)11(5)22-10(4)13(19)9(3)21-22/h11H,7H2,1-6H3,(H,20,23). The third kappa shape index (κ3) is 4.12. The normalized spacial score (nSPS) is 11.8. The van der Waals surface area contributed by atoms with E-state index in [1.54, 1.807) is 25.5 Å². The van der Waals surface area contributed by atoms with Gasteiger partial charge < -0.3 is 14.8 Å². The van der Waals surface area contributed by atoms with E-state index in [0.29, 0.717) is 5.56 Å². The predicted octanol–water partition coefficient (Wildman–Crippen LogP) is 3.80. The van der Waals surface area contributed by atoms with E-state index >= 15 is 0 Å². The van der Waals surface area contributed by atoms with Gasteiger partial charge in [-0.05, 0) is 56.1 Å². The van der Waals surface area contributed by atoms with E-state index in [4.69, 9.17) is 9.47 Å². The molecule has 28 heavy (non-hydrogen) atoms. The number of methoxy groups -OCH3 is 1. The van der Waals surface area contributed by atoms with Crippen molar-refractivity contribution < 1.29 is 23.9 Å². The number of nitrogens with zero attached hydrogens (tertiary/aromatic N) is 2. The first kappa shape index (κ1) is 22.1. The van der Waals surface area contributed by atoms with E-state index < -0.39 is 18.0 Å². The summed E-state index contributed by atoms with van der Waals surface area (Å²) < 4.78 is 12.3. The predicted molar refractivity (Wildman–Crippen MR) is 109 cm³/mol. The maximum atomic E-state index is 12.8. The quantitative estimate of drug-likeness (QED) is 0.643. The Balaban J connectivity index is 2.39. The zero-order valence-corrected chi connectivity index (χ0v) is 18.9. The number of nitrogens with one attached hydrogen (secondary N) is 1. The molecular weight excluding hydrogens is 450 g/mol. The summed E-state index contributed by atoms with van der Waals surface area (Å²) in [7, 11) is 1.24. The van der Waals surface area contributed by atoms with Gasteiger partial charge in [0.1, 0.15) is 15.9 Å². The summed E-state index contributed by atoms with van der Waals surface area (Å²) in [5, 5.41) is 7.34. The van der Waals surface area contributed by atoms with Crippen LogP contribution in [0, 0.1) is 20.8 Å². The van der Waals surface area contributed by atoms with Gasteiger partial charge in [-0.3, -0.25) is 9.48 Å². The summed E-state index contributed by atoms with van der Waals surface area (Å²) in [6.45, 7) is 8.90. The van der Waals surface area contributed by atoms with Gasteiger partial charge in [0.25, 0.3) is 0 Å². The smallest absolute Gasteiger partial charge is 0.348 e. The number of hydrogen-bond acceptors (Lipinski definition) is 7. The SMILES string of the molecule is CCOC(=O)c1sc(NC(=O)C(C)n2nc(C)c(Br)c2C)c(C(=O)OC)c1C. The van der Waals surface area contributed by atoms with Crippen molar-refractivity contribution in [3.8, 4) is 0 Å². The maximum absolute atomic E-state index is 12.8. The topological polar surface area (TPSA) is 99.5 Å². The second-order valence-electron chi connectivity index (χ2n) is 6.07. The third-order valence-corrected chi connectivity index (χ3v) is 6.55. The fourth-order valence-corrected chi connectivity index (χ4v) is 4.04. The molecule has 0 saturated carbocycles. The van der Waals surface area contributed by atoms with Gasteiger partial charge in [0, 0.05) is 0 Å². The van der Waals surface area contributed by atoms with Crippen LogP contribution in [0.25, 0.3) is 0 Å². The number of hydrogen-bond donors (Lipinski definition) is 1. The van der Waals surface area contributed by atoms with Crippen molar-refractivity contribution in [2.75, 3.05) is 19.0 Å². The minimum atomic E-state index is -0.638. The van der Waals surface area contributed by atoms with Crippen LogP contribution in [-0.4, -0.2) is 41.3 Å². The van der Waals surface area contributed by atoms with Crippen LogP contribution in [0.1, 0.15) is 56.9 Å². The molecule has 0 spiro atoms. The van der Waals surface area contributed by atoms with Gasteiger partial charge >= 0.3 is 11.9 Å². The zero-order valence-electron chi connectivity index (χ0n) is 16.5. The number of anilines is 1. The van der Waals surface area contributed by atoms with E-state index in [1.165, 1.54) is 7.11 Å². The number of rotatable bonds is 6.